The fourth-order valence-electron chi connectivity index (χ4n) is 2.46. The van der Waals surface area contributed by atoms with Crippen molar-refractivity contribution in [3.05, 3.63) is 53.6 Å². The van der Waals surface area contributed by atoms with Crippen LogP contribution in [0.4, 0.5) is 0 Å². The Morgan fingerprint density at radius 2 is 1.48 bits per heavy atom. The van der Waals surface area contributed by atoms with Gasteiger partial charge in [0.05, 0.1) is 21.3 Å². The number of likely N-dealkylation sites (N-methyl/N-ethyl adjacent to an activating group) is 1. The van der Waals surface area contributed by atoms with Crippen LogP contribution in [0.3, 0.4) is 0 Å². The maximum Gasteiger partial charge on any atom is 0.127 e. The normalized spacial score (nSPS) is 10.7. The van der Waals surface area contributed by atoms with Crippen LogP contribution >= 0.6 is 0 Å². The molecular weight excluding hydrogens is 290 g/mol. The summed E-state index contributed by atoms with van der Waals surface area (Å²) in [7, 11) is 7.16. The highest BCUT2D eigenvalue weighted by atomic mass is 16.5. The largest absolute Gasteiger partial charge is 0.497 e. The van der Waals surface area contributed by atoms with E-state index in [0.717, 1.165) is 42.3 Å². The fraction of sp³-hybridized carbons (Fsp3) is 0.368. The van der Waals surface area contributed by atoms with Gasteiger partial charge in [-0.3, -0.25) is 0 Å². The smallest absolute Gasteiger partial charge is 0.127 e. The summed E-state index contributed by atoms with van der Waals surface area (Å²) in [5.74, 6) is 2.57. The van der Waals surface area contributed by atoms with Crippen LogP contribution in [-0.4, -0.2) is 39.8 Å². The second-order valence-corrected chi connectivity index (χ2v) is 5.51. The van der Waals surface area contributed by atoms with Crippen LogP contribution in [-0.2, 0) is 13.0 Å². The molecule has 0 heterocycles. The maximum atomic E-state index is 5.46. The molecule has 0 aliphatic heterocycles. The topological polar surface area (TPSA) is 30.9 Å². The standard InChI is InChI=1S/C19H25NO3/c1-20(12-11-15-5-8-17(21-2)9-6-15)14-16-7-10-18(22-3)13-19(16)23-4/h5-10,13H,11-12,14H2,1-4H3. The van der Waals surface area contributed by atoms with Gasteiger partial charge in [0.25, 0.3) is 0 Å². The van der Waals surface area contributed by atoms with Crippen molar-refractivity contribution in [1.29, 1.82) is 0 Å². The minimum absolute atomic E-state index is 0.812. The van der Waals surface area contributed by atoms with E-state index in [1.807, 2.05) is 24.3 Å². The van der Waals surface area contributed by atoms with Crippen LogP contribution < -0.4 is 14.2 Å². The molecule has 0 saturated heterocycles. The van der Waals surface area contributed by atoms with Crippen LogP contribution in [0.1, 0.15) is 11.1 Å². The zero-order valence-electron chi connectivity index (χ0n) is 14.3. The molecule has 4 heteroatoms. The quantitative estimate of drug-likeness (QED) is 0.747. The van der Waals surface area contributed by atoms with E-state index in [9.17, 15) is 0 Å². The number of methoxy groups -OCH3 is 3. The van der Waals surface area contributed by atoms with Gasteiger partial charge in [-0.05, 0) is 37.2 Å². The molecule has 4 nitrogen and oxygen atoms in total. The van der Waals surface area contributed by atoms with Crippen LogP contribution in [0.15, 0.2) is 42.5 Å². The molecule has 0 fully saturated rings. The first-order valence-electron chi connectivity index (χ1n) is 7.68. The van der Waals surface area contributed by atoms with Crippen molar-refractivity contribution < 1.29 is 14.2 Å². The number of rotatable bonds is 8. The third-order valence-corrected chi connectivity index (χ3v) is 3.88. The van der Waals surface area contributed by atoms with E-state index in [1.165, 1.54) is 5.56 Å². The van der Waals surface area contributed by atoms with Gasteiger partial charge in [0.2, 0.25) is 0 Å². The van der Waals surface area contributed by atoms with Crippen molar-refractivity contribution in [3.8, 4) is 17.2 Å². The Morgan fingerprint density at radius 3 is 2.09 bits per heavy atom. The average molecular weight is 315 g/mol. The average Bonchev–Trinajstić information content (AvgIpc) is 2.60. The Morgan fingerprint density at radius 1 is 0.826 bits per heavy atom. The van der Waals surface area contributed by atoms with Crippen molar-refractivity contribution in [2.75, 3.05) is 34.9 Å². The Bertz CT molecular complexity index is 611. The van der Waals surface area contributed by atoms with Gasteiger partial charge in [-0.2, -0.15) is 0 Å². The van der Waals surface area contributed by atoms with E-state index in [0.29, 0.717) is 0 Å². The Labute approximate surface area is 138 Å². The van der Waals surface area contributed by atoms with Gasteiger partial charge < -0.3 is 19.1 Å². The van der Waals surface area contributed by atoms with Gasteiger partial charge in [-0.15, -0.1) is 0 Å². The highest BCUT2D eigenvalue weighted by Crippen LogP contribution is 2.25. The third kappa shape index (κ3) is 4.89. The van der Waals surface area contributed by atoms with Crippen LogP contribution in [0, 0.1) is 0 Å². The molecule has 0 atom stereocenters. The number of nitrogens with zero attached hydrogens (tertiary/aromatic N) is 1. The summed E-state index contributed by atoms with van der Waals surface area (Å²) in [6.45, 7) is 1.81. The van der Waals surface area contributed by atoms with E-state index in [1.54, 1.807) is 21.3 Å². The molecule has 0 radical (unpaired) electrons. The van der Waals surface area contributed by atoms with E-state index < -0.39 is 0 Å². The third-order valence-electron chi connectivity index (χ3n) is 3.88. The van der Waals surface area contributed by atoms with Gasteiger partial charge in [-0.25, -0.2) is 0 Å². The Kier molecular flexibility index (Phi) is 6.29. The first-order valence-corrected chi connectivity index (χ1v) is 7.68. The maximum absolute atomic E-state index is 5.46. The molecule has 2 aromatic rings. The summed E-state index contributed by atoms with van der Waals surface area (Å²) in [6.07, 6.45) is 0.999. The molecule has 0 unspecified atom stereocenters. The molecule has 0 saturated carbocycles. The molecule has 2 aromatic carbocycles. The zero-order chi connectivity index (χ0) is 16.7. The predicted octanol–water partition coefficient (Wildman–Crippen LogP) is 3.39. The van der Waals surface area contributed by atoms with Gasteiger partial charge in [0.1, 0.15) is 17.2 Å². The first kappa shape index (κ1) is 17.2. The van der Waals surface area contributed by atoms with Crippen molar-refractivity contribution >= 4 is 0 Å². The molecule has 0 aliphatic carbocycles. The molecule has 2 rings (SSSR count). The number of benzene rings is 2. The summed E-state index contributed by atoms with van der Waals surface area (Å²) >= 11 is 0. The summed E-state index contributed by atoms with van der Waals surface area (Å²) < 4.78 is 15.9. The lowest BCUT2D eigenvalue weighted by atomic mass is 10.1. The minimum atomic E-state index is 0.812. The predicted molar refractivity (Wildman–Crippen MR) is 92.6 cm³/mol. The second-order valence-electron chi connectivity index (χ2n) is 5.51. The number of ether oxygens (including phenoxy) is 3. The van der Waals surface area contributed by atoms with Crippen molar-refractivity contribution in [2.45, 2.75) is 13.0 Å². The van der Waals surface area contributed by atoms with Crippen LogP contribution in [0.25, 0.3) is 0 Å². The van der Waals surface area contributed by atoms with Gasteiger partial charge >= 0.3 is 0 Å². The second kappa shape index (κ2) is 8.44. The van der Waals surface area contributed by atoms with Gasteiger partial charge in [0, 0.05) is 24.7 Å². The summed E-state index contributed by atoms with van der Waals surface area (Å²) in [4.78, 5) is 2.29. The van der Waals surface area contributed by atoms with Crippen LogP contribution in [0.2, 0.25) is 0 Å². The number of hydrogen-bond donors (Lipinski definition) is 0. The van der Waals surface area contributed by atoms with Crippen LogP contribution in [0.5, 0.6) is 17.2 Å². The van der Waals surface area contributed by atoms with E-state index in [4.69, 9.17) is 14.2 Å². The minimum Gasteiger partial charge on any atom is -0.497 e. The molecule has 0 aliphatic rings. The zero-order valence-corrected chi connectivity index (χ0v) is 14.3. The lowest BCUT2D eigenvalue weighted by Gasteiger charge is -2.19. The van der Waals surface area contributed by atoms with E-state index in [-0.39, 0.29) is 0 Å². The lowest BCUT2D eigenvalue weighted by Crippen LogP contribution is -2.21. The SMILES string of the molecule is COc1ccc(CCN(C)Cc2ccc(OC)cc2OC)cc1. The highest BCUT2D eigenvalue weighted by Gasteiger charge is 2.08. The van der Waals surface area contributed by atoms with E-state index >= 15 is 0 Å². The summed E-state index contributed by atoms with van der Waals surface area (Å²) in [5.41, 5.74) is 2.46. The highest BCUT2D eigenvalue weighted by molar-refractivity contribution is 5.40. The summed E-state index contributed by atoms with van der Waals surface area (Å²) in [6, 6.07) is 14.2. The van der Waals surface area contributed by atoms with Gasteiger partial charge in [-0.1, -0.05) is 18.2 Å². The fourth-order valence-corrected chi connectivity index (χ4v) is 2.46. The van der Waals surface area contributed by atoms with Gasteiger partial charge in [0.15, 0.2) is 0 Å². The lowest BCUT2D eigenvalue weighted by molar-refractivity contribution is 0.319. The summed E-state index contributed by atoms with van der Waals surface area (Å²) in [5, 5.41) is 0. The van der Waals surface area contributed by atoms with Crippen molar-refractivity contribution in [1.82, 2.24) is 4.90 Å². The number of hydrogen-bond acceptors (Lipinski definition) is 4. The van der Waals surface area contributed by atoms with Crippen molar-refractivity contribution in [2.24, 2.45) is 0 Å². The molecule has 23 heavy (non-hydrogen) atoms. The van der Waals surface area contributed by atoms with Crippen molar-refractivity contribution in [3.63, 3.8) is 0 Å². The molecular formula is C19H25NO3. The molecule has 0 amide bonds. The Hall–Kier alpha value is -2.20. The molecule has 0 N–H and O–H groups in total. The van der Waals surface area contributed by atoms with E-state index in [2.05, 4.69) is 30.1 Å². The Balaban J connectivity index is 1.92. The monoisotopic (exact) mass is 315 g/mol. The molecule has 0 bridgehead atoms. The first-order chi connectivity index (χ1) is 11.2. The molecule has 0 spiro atoms. The molecule has 0 aromatic heterocycles. The molecule has 124 valence electrons.